The van der Waals surface area contributed by atoms with Gasteiger partial charge >= 0.3 is 0 Å². The summed E-state index contributed by atoms with van der Waals surface area (Å²) in [5.74, 6) is 0. The standard InChI is InChI=1S/C25H44O3Si/c1-20(15-19-27-23-13-9-10-18-26-23)12-11-16-25(6)17-14-22(21(25)2)28-29(7,8)24(3,4)5/h11,15-16,22-23H,2,9-10,12-14,17-19H2,1,3-8H3/b16-11+,20-15+. The summed E-state index contributed by atoms with van der Waals surface area (Å²) in [6.45, 7) is 22.0. The lowest BCUT2D eigenvalue weighted by atomic mass is 9.84. The summed E-state index contributed by atoms with van der Waals surface area (Å²) in [5.41, 5.74) is 2.62. The van der Waals surface area contributed by atoms with Crippen molar-refractivity contribution in [1.29, 1.82) is 0 Å². The van der Waals surface area contributed by atoms with E-state index in [-0.39, 0.29) is 22.8 Å². The first kappa shape index (κ1) is 24.6. The normalized spacial score (nSPS) is 29.8. The van der Waals surface area contributed by atoms with Crippen molar-refractivity contribution < 1.29 is 13.9 Å². The minimum absolute atomic E-state index is 0.0121. The molecular weight excluding hydrogens is 376 g/mol. The predicted octanol–water partition coefficient (Wildman–Crippen LogP) is 7.17. The maximum absolute atomic E-state index is 6.67. The van der Waals surface area contributed by atoms with Crippen LogP contribution in [0.25, 0.3) is 0 Å². The molecule has 1 heterocycles. The molecule has 2 fully saturated rings. The van der Waals surface area contributed by atoms with Crippen molar-refractivity contribution in [3.63, 3.8) is 0 Å². The van der Waals surface area contributed by atoms with Crippen LogP contribution in [-0.4, -0.2) is 33.9 Å². The lowest BCUT2D eigenvalue weighted by Gasteiger charge is -2.39. The van der Waals surface area contributed by atoms with Gasteiger partial charge in [0, 0.05) is 12.0 Å². The van der Waals surface area contributed by atoms with Crippen LogP contribution in [0.4, 0.5) is 0 Å². The van der Waals surface area contributed by atoms with Crippen molar-refractivity contribution in [2.24, 2.45) is 5.41 Å². The first-order valence-electron chi connectivity index (χ1n) is 11.4. The minimum Gasteiger partial charge on any atom is -0.410 e. The van der Waals surface area contributed by atoms with Gasteiger partial charge in [-0.2, -0.15) is 0 Å². The van der Waals surface area contributed by atoms with Gasteiger partial charge in [-0.15, -0.1) is 0 Å². The molecule has 0 aromatic rings. The highest BCUT2D eigenvalue weighted by atomic mass is 28.4. The number of allylic oxidation sites excluding steroid dienone is 3. The van der Waals surface area contributed by atoms with Gasteiger partial charge < -0.3 is 13.9 Å². The molecule has 0 aromatic carbocycles. The zero-order valence-electron chi connectivity index (χ0n) is 20.0. The summed E-state index contributed by atoms with van der Waals surface area (Å²) in [5, 5.41) is 0.231. The van der Waals surface area contributed by atoms with Crippen molar-refractivity contribution in [3.05, 3.63) is 36.0 Å². The molecule has 3 nitrogen and oxygen atoms in total. The zero-order chi connectivity index (χ0) is 21.7. The predicted molar refractivity (Wildman–Crippen MR) is 126 cm³/mol. The molecule has 2 aliphatic rings. The smallest absolute Gasteiger partial charge is 0.192 e. The molecule has 0 aromatic heterocycles. The largest absolute Gasteiger partial charge is 0.410 e. The average Bonchev–Trinajstić information content (AvgIpc) is 2.90. The second-order valence-electron chi connectivity index (χ2n) is 10.6. The Labute approximate surface area is 180 Å². The van der Waals surface area contributed by atoms with Gasteiger partial charge in [0.25, 0.3) is 0 Å². The van der Waals surface area contributed by atoms with Crippen LogP contribution < -0.4 is 0 Å². The Bertz CT molecular complexity index is 608. The summed E-state index contributed by atoms with van der Waals surface area (Å²) >= 11 is 0. The molecule has 1 saturated heterocycles. The summed E-state index contributed by atoms with van der Waals surface area (Å²) < 4.78 is 18.1. The Kier molecular flexibility index (Phi) is 8.55. The zero-order valence-corrected chi connectivity index (χ0v) is 21.0. The third-order valence-corrected chi connectivity index (χ3v) is 11.6. The highest BCUT2D eigenvalue weighted by molar-refractivity contribution is 6.74. The molecule has 1 saturated carbocycles. The summed E-state index contributed by atoms with van der Waals surface area (Å²) in [6, 6.07) is 0. The molecular formula is C25H44O3Si. The quantitative estimate of drug-likeness (QED) is 0.308. The van der Waals surface area contributed by atoms with Gasteiger partial charge in [-0.1, -0.05) is 58.1 Å². The molecule has 166 valence electrons. The van der Waals surface area contributed by atoms with Crippen LogP contribution in [0.3, 0.4) is 0 Å². The van der Waals surface area contributed by atoms with Crippen molar-refractivity contribution in [3.8, 4) is 0 Å². The van der Waals surface area contributed by atoms with E-state index >= 15 is 0 Å². The van der Waals surface area contributed by atoms with Gasteiger partial charge in [0.1, 0.15) is 0 Å². The number of hydrogen-bond acceptors (Lipinski definition) is 3. The van der Waals surface area contributed by atoms with Gasteiger partial charge in [0.15, 0.2) is 14.6 Å². The number of ether oxygens (including phenoxy) is 2. The fourth-order valence-corrected chi connectivity index (χ4v) is 5.04. The van der Waals surface area contributed by atoms with Gasteiger partial charge in [-0.25, -0.2) is 0 Å². The summed E-state index contributed by atoms with van der Waals surface area (Å²) in [4.78, 5) is 0. The highest BCUT2D eigenvalue weighted by Crippen LogP contribution is 2.47. The van der Waals surface area contributed by atoms with Crippen LogP contribution in [0.1, 0.15) is 73.1 Å². The van der Waals surface area contributed by atoms with Crippen LogP contribution in [0, 0.1) is 5.41 Å². The van der Waals surface area contributed by atoms with Gasteiger partial charge in [0.05, 0.1) is 12.7 Å². The van der Waals surface area contributed by atoms with E-state index in [2.05, 4.69) is 72.5 Å². The Morgan fingerprint density at radius 1 is 1.28 bits per heavy atom. The number of hydrogen-bond donors (Lipinski definition) is 0. The molecule has 0 bridgehead atoms. The van der Waals surface area contributed by atoms with E-state index in [0.29, 0.717) is 6.61 Å². The van der Waals surface area contributed by atoms with Crippen LogP contribution in [-0.2, 0) is 13.9 Å². The monoisotopic (exact) mass is 420 g/mol. The molecule has 1 aliphatic carbocycles. The fourth-order valence-electron chi connectivity index (χ4n) is 3.71. The summed E-state index contributed by atoms with van der Waals surface area (Å²) in [6.07, 6.45) is 13.5. The SMILES string of the molecule is C=C1C(O[Si](C)(C)C(C)(C)C)CCC1(C)/C=C/C/C(C)=C/COC1CCCCO1. The van der Waals surface area contributed by atoms with Crippen LogP contribution in [0.5, 0.6) is 0 Å². The molecule has 0 N–H and O–H groups in total. The van der Waals surface area contributed by atoms with E-state index in [1.165, 1.54) is 17.6 Å². The maximum Gasteiger partial charge on any atom is 0.192 e. The minimum atomic E-state index is -1.77. The highest BCUT2D eigenvalue weighted by Gasteiger charge is 2.44. The second-order valence-corrected chi connectivity index (χ2v) is 15.4. The van der Waals surface area contributed by atoms with Gasteiger partial charge in [-0.05, 0) is 69.2 Å². The van der Waals surface area contributed by atoms with E-state index in [1.54, 1.807) is 0 Å². The van der Waals surface area contributed by atoms with Crippen LogP contribution in [0.15, 0.2) is 36.0 Å². The second kappa shape index (κ2) is 10.1. The first-order valence-corrected chi connectivity index (χ1v) is 14.3. The van der Waals surface area contributed by atoms with E-state index in [1.807, 2.05) is 0 Å². The maximum atomic E-state index is 6.67. The Hall–Kier alpha value is -0.683. The fraction of sp³-hybridized carbons (Fsp3) is 0.760. The lowest BCUT2D eigenvalue weighted by Crippen LogP contribution is -2.44. The third-order valence-electron chi connectivity index (χ3n) is 7.07. The van der Waals surface area contributed by atoms with Gasteiger partial charge in [-0.3, -0.25) is 0 Å². The van der Waals surface area contributed by atoms with Crippen LogP contribution >= 0.6 is 0 Å². The molecule has 3 unspecified atom stereocenters. The molecule has 4 heteroatoms. The van der Waals surface area contributed by atoms with Crippen LogP contribution in [0.2, 0.25) is 18.1 Å². The van der Waals surface area contributed by atoms with Crippen molar-refractivity contribution >= 4 is 8.32 Å². The average molecular weight is 421 g/mol. The Balaban J connectivity index is 1.83. The molecule has 1 aliphatic heterocycles. The van der Waals surface area contributed by atoms with Crippen molar-refractivity contribution in [2.45, 2.75) is 104 Å². The number of rotatable bonds is 8. The van der Waals surface area contributed by atoms with Crippen molar-refractivity contribution in [2.75, 3.05) is 13.2 Å². The molecule has 0 spiro atoms. The van der Waals surface area contributed by atoms with E-state index in [0.717, 1.165) is 38.7 Å². The lowest BCUT2D eigenvalue weighted by molar-refractivity contribution is -0.155. The van der Waals surface area contributed by atoms with Crippen molar-refractivity contribution in [1.82, 2.24) is 0 Å². The van der Waals surface area contributed by atoms with E-state index in [9.17, 15) is 0 Å². The molecule has 0 amide bonds. The van der Waals surface area contributed by atoms with Gasteiger partial charge in [0.2, 0.25) is 0 Å². The topological polar surface area (TPSA) is 27.7 Å². The summed E-state index contributed by atoms with van der Waals surface area (Å²) in [7, 11) is -1.77. The first-order chi connectivity index (χ1) is 13.4. The third kappa shape index (κ3) is 6.92. The molecule has 29 heavy (non-hydrogen) atoms. The van der Waals surface area contributed by atoms with E-state index in [4.69, 9.17) is 13.9 Å². The molecule has 2 rings (SSSR count). The molecule has 3 atom stereocenters. The Morgan fingerprint density at radius 3 is 2.62 bits per heavy atom. The van der Waals surface area contributed by atoms with E-state index < -0.39 is 8.32 Å². The Morgan fingerprint density at radius 2 is 2.00 bits per heavy atom. The molecule has 0 radical (unpaired) electrons.